The van der Waals surface area contributed by atoms with Gasteiger partial charge in [0.15, 0.2) is 6.61 Å². The molecule has 0 aliphatic heterocycles. The van der Waals surface area contributed by atoms with E-state index in [2.05, 4.69) is 30.4 Å². The van der Waals surface area contributed by atoms with Crippen molar-refractivity contribution in [2.24, 2.45) is 0 Å². The lowest BCUT2D eigenvalue weighted by atomic mass is 10.5. The number of aromatic nitrogens is 1. The van der Waals surface area contributed by atoms with Crippen LogP contribution in [0.2, 0.25) is 0 Å². The van der Waals surface area contributed by atoms with Crippen molar-refractivity contribution in [3.8, 4) is 5.88 Å². The summed E-state index contributed by atoms with van der Waals surface area (Å²) in [6.45, 7) is 1.55. The van der Waals surface area contributed by atoms with Crippen LogP contribution in [0.4, 0.5) is 0 Å². The quantitative estimate of drug-likeness (QED) is 0.754. The van der Waals surface area contributed by atoms with Gasteiger partial charge in [-0.3, -0.25) is 0 Å². The van der Waals surface area contributed by atoms with Gasteiger partial charge in [-0.1, -0.05) is 0 Å². The van der Waals surface area contributed by atoms with Gasteiger partial charge in [-0.25, -0.2) is 9.59 Å². The van der Waals surface area contributed by atoms with Gasteiger partial charge in [0, 0.05) is 15.9 Å². The fourth-order valence-electron chi connectivity index (χ4n) is 0.931. The minimum Gasteiger partial charge on any atom is -0.463 e. The highest BCUT2D eigenvalue weighted by Crippen LogP contribution is 2.23. The van der Waals surface area contributed by atoms with Gasteiger partial charge in [-0.05, 0) is 6.92 Å². The lowest BCUT2D eigenvalue weighted by Crippen LogP contribution is -2.16. The number of nitrogens with zero attached hydrogens (tertiary/aromatic N) is 1. The van der Waals surface area contributed by atoms with E-state index in [1.165, 1.54) is 7.11 Å². The number of esters is 2. The van der Waals surface area contributed by atoms with E-state index in [1.807, 2.05) is 0 Å². The molecule has 1 heterocycles. The highest BCUT2D eigenvalue weighted by Gasteiger charge is 2.22. The number of ether oxygens (including phenoxy) is 3. The summed E-state index contributed by atoms with van der Waals surface area (Å²) in [7, 11) is 1.19. The van der Waals surface area contributed by atoms with Crippen molar-refractivity contribution in [2.75, 3.05) is 20.3 Å². The van der Waals surface area contributed by atoms with Gasteiger partial charge >= 0.3 is 11.9 Å². The average molecular weight is 308 g/mol. The zero-order valence-corrected chi connectivity index (χ0v) is 10.8. The molecule has 0 radical (unpaired) electrons. The fourth-order valence-corrected chi connectivity index (χ4v) is 1.25. The van der Waals surface area contributed by atoms with Gasteiger partial charge in [0.2, 0.25) is 0 Å². The molecular formula is C9H10BrNO6. The summed E-state index contributed by atoms with van der Waals surface area (Å²) >= 11 is 2.94. The second-order valence-corrected chi connectivity index (χ2v) is 3.36. The third-order valence-corrected chi connectivity index (χ3v) is 1.91. The van der Waals surface area contributed by atoms with Crippen LogP contribution in [0.5, 0.6) is 5.88 Å². The van der Waals surface area contributed by atoms with Crippen LogP contribution in [0.15, 0.2) is 9.22 Å². The third-order valence-electron chi connectivity index (χ3n) is 1.57. The van der Waals surface area contributed by atoms with Crippen LogP contribution in [0, 0.1) is 0 Å². The Balaban J connectivity index is 2.70. The normalized spacial score (nSPS) is 9.82. The Kier molecular flexibility index (Phi) is 4.95. The monoisotopic (exact) mass is 307 g/mol. The number of hydrogen-bond donors (Lipinski definition) is 0. The number of halogens is 1. The van der Waals surface area contributed by atoms with Gasteiger partial charge < -0.3 is 18.6 Å². The number of carbonyl (C=O) groups excluding carboxylic acids is 2. The minimum absolute atomic E-state index is 0.0526. The fraction of sp³-hybridized carbons (Fsp3) is 0.444. The SMILES string of the molecule is CCOC(=O)COc1nc(Br)oc1C(=O)OC. The van der Waals surface area contributed by atoms with E-state index in [9.17, 15) is 9.59 Å². The molecule has 0 amide bonds. The number of methoxy groups -OCH3 is 1. The summed E-state index contributed by atoms with van der Waals surface area (Å²) in [6.07, 6.45) is 0. The number of hydrogen-bond acceptors (Lipinski definition) is 7. The molecule has 0 aliphatic carbocycles. The smallest absolute Gasteiger partial charge is 0.379 e. The Morgan fingerprint density at radius 2 is 2.18 bits per heavy atom. The van der Waals surface area contributed by atoms with E-state index in [1.54, 1.807) is 6.92 Å². The van der Waals surface area contributed by atoms with Crippen LogP contribution >= 0.6 is 15.9 Å². The van der Waals surface area contributed by atoms with Crippen LogP contribution in [0.1, 0.15) is 17.5 Å². The molecule has 1 aromatic rings. The standard InChI is InChI=1S/C9H10BrNO6/c1-3-15-5(12)4-16-7-6(8(13)14-2)17-9(10)11-7/h3-4H2,1-2H3. The Hall–Kier alpha value is -1.57. The third kappa shape index (κ3) is 3.74. The predicted octanol–water partition coefficient (Wildman–Crippen LogP) is 1.17. The summed E-state index contributed by atoms with van der Waals surface area (Å²) in [5, 5.41) is 0. The van der Waals surface area contributed by atoms with E-state index >= 15 is 0 Å². The maximum Gasteiger partial charge on any atom is 0.379 e. The highest BCUT2D eigenvalue weighted by molar-refractivity contribution is 9.10. The van der Waals surface area contributed by atoms with Crippen molar-refractivity contribution in [3.63, 3.8) is 0 Å². The Labute approximate surface area is 105 Å². The first-order valence-corrected chi connectivity index (χ1v) is 5.40. The molecular weight excluding hydrogens is 298 g/mol. The zero-order valence-electron chi connectivity index (χ0n) is 9.19. The molecule has 0 saturated carbocycles. The van der Waals surface area contributed by atoms with Gasteiger partial charge in [-0.15, -0.1) is 0 Å². The first-order chi connectivity index (χ1) is 8.08. The summed E-state index contributed by atoms with van der Waals surface area (Å²) in [5.41, 5.74) is 0. The van der Waals surface area contributed by atoms with Gasteiger partial charge in [0.25, 0.3) is 16.4 Å². The van der Waals surface area contributed by atoms with Crippen LogP contribution in [-0.2, 0) is 14.3 Å². The average Bonchev–Trinajstić information content (AvgIpc) is 2.67. The zero-order chi connectivity index (χ0) is 12.8. The number of carbonyl (C=O) groups is 2. The first kappa shape index (κ1) is 13.5. The number of oxazole rings is 1. The number of rotatable bonds is 5. The maximum absolute atomic E-state index is 11.2. The minimum atomic E-state index is -0.748. The predicted molar refractivity (Wildman–Crippen MR) is 57.7 cm³/mol. The van der Waals surface area contributed by atoms with Crippen molar-refractivity contribution in [3.05, 3.63) is 10.6 Å². The molecule has 0 bridgehead atoms. The van der Waals surface area contributed by atoms with Crippen molar-refractivity contribution >= 4 is 27.9 Å². The van der Waals surface area contributed by atoms with Crippen LogP contribution < -0.4 is 4.74 Å². The molecule has 0 N–H and O–H groups in total. The van der Waals surface area contributed by atoms with E-state index in [-0.39, 0.29) is 29.7 Å². The van der Waals surface area contributed by atoms with Gasteiger partial charge in [-0.2, -0.15) is 4.98 Å². The summed E-state index contributed by atoms with van der Waals surface area (Å²) in [5.74, 6) is -1.66. The van der Waals surface area contributed by atoms with Crippen molar-refractivity contribution < 1.29 is 28.2 Å². The summed E-state index contributed by atoms with van der Waals surface area (Å²) in [6, 6.07) is 0. The van der Waals surface area contributed by atoms with Crippen LogP contribution in [-0.4, -0.2) is 37.2 Å². The van der Waals surface area contributed by atoms with E-state index < -0.39 is 11.9 Å². The molecule has 1 rings (SSSR count). The Morgan fingerprint density at radius 3 is 2.76 bits per heavy atom. The molecule has 0 aromatic carbocycles. The molecule has 0 saturated heterocycles. The largest absolute Gasteiger partial charge is 0.463 e. The summed E-state index contributed by atoms with van der Waals surface area (Å²) < 4.78 is 19.0. The van der Waals surface area contributed by atoms with Crippen molar-refractivity contribution in [2.45, 2.75) is 6.92 Å². The molecule has 8 heteroatoms. The van der Waals surface area contributed by atoms with Crippen LogP contribution in [0.3, 0.4) is 0 Å². The maximum atomic E-state index is 11.2. The lowest BCUT2D eigenvalue weighted by Gasteiger charge is -2.03. The lowest BCUT2D eigenvalue weighted by molar-refractivity contribution is -0.145. The van der Waals surface area contributed by atoms with Crippen molar-refractivity contribution in [1.29, 1.82) is 0 Å². The molecule has 0 atom stereocenters. The second-order valence-electron chi connectivity index (χ2n) is 2.69. The Bertz CT molecular complexity index is 416. The molecule has 0 spiro atoms. The molecule has 7 nitrogen and oxygen atoms in total. The highest BCUT2D eigenvalue weighted by atomic mass is 79.9. The summed E-state index contributed by atoms with van der Waals surface area (Å²) in [4.78, 5) is 26.1. The topological polar surface area (TPSA) is 87.9 Å². The van der Waals surface area contributed by atoms with E-state index in [0.717, 1.165) is 0 Å². The molecule has 0 aliphatic rings. The molecule has 17 heavy (non-hydrogen) atoms. The van der Waals surface area contributed by atoms with E-state index in [4.69, 9.17) is 9.15 Å². The van der Waals surface area contributed by atoms with Gasteiger partial charge in [0.1, 0.15) is 0 Å². The molecule has 1 aromatic heterocycles. The molecule has 0 unspecified atom stereocenters. The Morgan fingerprint density at radius 1 is 1.47 bits per heavy atom. The van der Waals surface area contributed by atoms with Gasteiger partial charge in [0.05, 0.1) is 13.7 Å². The molecule has 0 fully saturated rings. The van der Waals surface area contributed by atoms with Crippen molar-refractivity contribution in [1.82, 2.24) is 4.98 Å². The first-order valence-electron chi connectivity index (χ1n) is 4.61. The molecule has 94 valence electrons. The second kappa shape index (κ2) is 6.24. The van der Waals surface area contributed by atoms with Crippen LogP contribution in [0.25, 0.3) is 0 Å². The van der Waals surface area contributed by atoms with E-state index in [0.29, 0.717) is 0 Å².